The summed E-state index contributed by atoms with van der Waals surface area (Å²) >= 11 is 5.97. The highest BCUT2D eigenvalue weighted by Crippen LogP contribution is 2.23. The minimum Gasteiger partial charge on any atom is -0.398 e. The number of benzene rings is 2. The van der Waals surface area contributed by atoms with Crippen molar-refractivity contribution >= 4 is 34.7 Å². The van der Waals surface area contributed by atoms with Crippen molar-refractivity contribution in [3.8, 4) is 0 Å². The summed E-state index contributed by atoms with van der Waals surface area (Å²) in [5, 5.41) is 2.99. The van der Waals surface area contributed by atoms with E-state index < -0.39 is 0 Å². The minimum atomic E-state index is -0.385. The number of carbonyl (C=O) groups excluding carboxylic acids is 2. The van der Waals surface area contributed by atoms with Crippen molar-refractivity contribution < 1.29 is 9.59 Å². The maximum absolute atomic E-state index is 12.1. The molecular weight excluding hydrogens is 276 g/mol. The number of nitrogens with two attached hydrogens (primary N) is 1. The van der Waals surface area contributed by atoms with Crippen molar-refractivity contribution in [1.29, 1.82) is 0 Å². The molecule has 0 heterocycles. The summed E-state index contributed by atoms with van der Waals surface area (Å²) in [4.78, 5) is 23.3. The zero-order valence-electron chi connectivity index (χ0n) is 10.8. The second-order valence-corrected chi connectivity index (χ2v) is 4.70. The van der Waals surface area contributed by atoms with Crippen molar-refractivity contribution in [2.45, 2.75) is 6.92 Å². The topological polar surface area (TPSA) is 72.2 Å². The molecule has 0 aliphatic rings. The van der Waals surface area contributed by atoms with Crippen LogP contribution in [0.25, 0.3) is 0 Å². The number of anilines is 2. The van der Waals surface area contributed by atoms with Gasteiger partial charge >= 0.3 is 0 Å². The van der Waals surface area contributed by atoms with Crippen LogP contribution in [0.1, 0.15) is 27.6 Å². The summed E-state index contributed by atoms with van der Waals surface area (Å²) in [6.07, 6.45) is 0. The van der Waals surface area contributed by atoms with Gasteiger partial charge in [0.05, 0.1) is 10.6 Å². The van der Waals surface area contributed by atoms with Crippen LogP contribution < -0.4 is 11.1 Å². The predicted molar refractivity (Wildman–Crippen MR) is 80.3 cm³/mol. The van der Waals surface area contributed by atoms with E-state index in [0.717, 1.165) is 0 Å². The van der Waals surface area contributed by atoms with E-state index in [1.54, 1.807) is 42.5 Å². The van der Waals surface area contributed by atoms with Crippen LogP contribution in [0.5, 0.6) is 0 Å². The third kappa shape index (κ3) is 2.97. The molecule has 3 N–H and O–H groups in total. The second kappa shape index (κ2) is 5.75. The van der Waals surface area contributed by atoms with Crippen molar-refractivity contribution in [2.75, 3.05) is 11.1 Å². The summed E-state index contributed by atoms with van der Waals surface area (Å²) in [5.41, 5.74) is 7.46. The standard InChI is InChI=1S/C15H13ClN2O2/c1-9(19)10-5-7-11(8-6-10)18-15(20)14-12(16)3-2-4-13(14)17/h2-8H,17H2,1H3,(H,18,20). The Morgan fingerprint density at radius 3 is 2.30 bits per heavy atom. The van der Waals surface area contributed by atoms with Gasteiger partial charge in [0.15, 0.2) is 5.78 Å². The average Bonchev–Trinajstić information content (AvgIpc) is 2.39. The molecule has 2 aromatic carbocycles. The lowest BCUT2D eigenvalue weighted by molar-refractivity contribution is 0.101. The second-order valence-electron chi connectivity index (χ2n) is 4.29. The molecule has 0 unspecified atom stereocenters. The third-order valence-electron chi connectivity index (χ3n) is 2.82. The Labute approximate surface area is 121 Å². The molecule has 0 fully saturated rings. The Morgan fingerprint density at radius 1 is 1.10 bits per heavy atom. The number of nitrogen functional groups attached to an aromatic ring is 1. The minimum absolute atomic E-state index is 0.0294. The molecule has 0 saturated heterocycles. The van der Waals surface area contributed by atoms with Gasteiger partial charge in [-0.05, 0) is 43.3 Å². The van der Waals surface area contributed by atoms with E-state index in [2.05, 4.69) is 5.32 Å². The zero-order valence-corrected chi connectivity index (χ0v) is 11.6. The van der Waals surface area contributed by atoms with Crippen molar-refractivity contribution in [3.63, 3.8) is 0 Å². The Bertz CT molecular complexity index is 646. The fourth-order valence-corrected chi connectivity index (χ4v) is 2.03. The Balaban J connectivity index is 2.21. The van der Waals surface area contributed by atoms with Gasteiger partial charge in [0.2, 0.25) is 0 Å². The molecule has 5 heteroatoms. The van der Waals surface area contributed by atoms with E-state index in [9.17, 15) is 9.59 Å². The SMILES string of the molecule is CC(=O)c1ccc(NC(=O)c2c(N)cccc2Cl)cc1. The van der Waals surface area contributed by atoms with E-state index in [1.165, 1.54) is 6.92 Å². The summed E-state index contributed by atoms with van der Waals surface area (Å²) in [7, 11) is 0. The molecule has 2 aromatic rings. The fourth-order valence-electron chi connectivity index (χ4n) is 1.76. The largest absolute Gasteiger partial charge is 0.398 e. The molecule has 1 amide bonds. The molecule has 0 bridgehead atoms. The van der Waals surface area contributed by atoms with Crippen LogP contribution in [0.3, 0.4) is 0 Å². The first-order chi connectivity index (χ1) is 9.49. The highest BCUT2D eigenvalue weighted by Gasteiger charge is 2.14. The summed E-state index contributed by atoms with van der Waals surface area (Å²) in [6.45, 7) is 1.48. The Morgan fingerprint density at radius 2 is 1.75 bits per heavy atom. The molecule has 0 radical (unpaired) electrons. The fraction of sp³-hybridized carbons (Fsp3) is 0.0667. The van der Waals surface area contributed by atoms with Gasteiger partial charge in [-0.2, -0.15) is 0 Å². The number of hydrogen-bond acceptors (Lipinski definition) is 3. The lowest BCUT2D eigenvalue weighted by Gasteiger charge is -2.09. The molecule has 20 heavy (non-hydrogen) atoms. The van der Waals surface area contributed by atoms with Gasteiger partial charge in [-0.3, -0.25) is 9.59 Å². The third-order valence-corrected chi connectivity index (χ3v) is 3.14. The molecule has 0 atom stereocenters. The van der Waals surface area contributed by atoms with E-state index in [4.69, 9.17) is 17.3 Å². The van der Waals surface area contributed by atoms with Gasteiger partial charge in [0.25, 0.3) is 5.91 Å². The Hall–Kier alpha value is -2.33. The number of hydrogen-bond donors (Lipinski definition) is 2. The van der Waals surface area contributed by atoms with Gasteiger partial charge in [-0.1, -0.05) is 17.7 Å². The zero-order chi connectivity index (χ0) is 14.7. The smallest absolute Gasteiger partial charge is 0.259 e. The van der Waals surface area contributed by atoms with Crippen molar-refractivity contribution in [2.24, 2.45) is 0 Å². The summed E-state index contributed by atoms with van der Waals surface area (Å²) < 4.78 is 0. The lowest BCUT2D eigenvalue weighted by atomic mass is 10.1. The van der Waals surface area contributed by atoms with Crippen LogP contribution in [0.15, 0.2) is 42.5 Å². The van der Waals surface area contributed by atoms with Crippen LogP contribution >= 0.6 is 11.6 Å². The summed E-state index contributed by atoms with van der Waals surface area (Å²) in [6, 6.07) is 11.5. The van der Waals surface area contributed by atoms with Crippen LogP contribution in [0, 0.1) is 0 Å². The highest BCUT2D eigenvalue weighted by molar-refractivity contribution is 6.35. The number of rotatable bonds is 3. The van der Waals surface area contributed by atoms with Crippen LogP contribution in [-0.4, -0.2) is 11.7 Å². The molecule has 0 saturated carbocycles. The van der Waals surface area contributed by atoms with Gasteiger partial charge in [0, 0.05) is 16.9 Å². The van der Waals surface area contributed by atoms with Crippen LogP contribution in [0.2, 0.25) is 5.02 Å². The van der Waals surface area contributed by atoms with Gasteiger partial charge in [-0.25, -0.2) is 0 Å². The highest BCUT2D eigenvalue weighted by atomic mass is 35.5. The molecular formula is C15H13ClN2O2. The number of halogens is 1. The predicted octanol–water partition coefficient (Wildman–Crippen LogP) is 3.38. The first-order valence-corrected chi connectivity index (χ1v) is 6.33. The van der Waals surface area contributed by atoms with Crippen LogP contribution in [0.4, 0.5) is 11.4 Å². The molecule has 0 aromatic heterocycles. The quantitative estimate of drug-likeness (QED) is 0.672. The normalized spacial score (nSPS) is 10.1. The van der Waals surface area contributed by atoms with E-state index in [-0.39, 0.29) is 17.3 Å². The average molecular weight is 289 g/mol. The molecule has 2 rings (SSSR count). The van der Waals surface area contributed by atoms with Gasteiger partial charge in [-0.15, -0.1) is 0 Å². The number of amides is 1. The van der Waals surface area contributed by atoms with E-state index in [0.29, 0.717) is 22.0 Å². The molecule has 0 spiro atoms. The van der Waals surface area contributed by atoms with Crippen molar-refractivity contribution in [1.82, 2.24) is 0 Å². The maximum atomic E-state index is 12.1. The van der Waals surface area contributed by atoms with Gasteiger partial charge in [0.1, 0.15) is 0 Å². The number of carbonyl (C=O) groups is 2. The summed E-state index contributed by atoms with van der Waals surface area (Å²) in [5.74, 6) is -0.415. The first kappa shape index (κ1) is 14.1. The van der Waals surface area contributed by atoms with Crippen molar-refractivity contribution in [3.05, 3.63) is 58.6 Å². The molecule has 102 valence electrons. The first-order valence-electron chi connectivity index (χ1n) is 5.95. The van der Waals surface area contributed by atoms with E-state index >= 15 is 0 Å². The monoisotopic (exact) mass is 288 g/mol. The number of nitrogens with one attached hydrogen (secondary N) is 1. The Kier molecular flexibility index (Phi) is 4.05. The number of Topliss-reactive ketones (excluding diaryl/α,β-unsaturated/α-hetero) is 1. The molecule has 0 aliphatic heterocycles. The lowest BCUT2D eigenvalue weighted by Crippen LogP contribution is -2.14. The molecule has 0 aliphatic carbocycles. The maximum Gasteiger partial charge on any atom is 0.259 e. The number of ketones is 1. The molecule has 4 nitrogen and oxygen atoms in total. The van der Waals surface area contributed by atoms with E-state index in [1.807, 2.05) is 0 Å². The van der Waals surface area contributed by atoms with Crippen LogP contribution in [-0.2, 0) is 0 Å². The van der Waals surface area contributed by atoms with Gasteiger partial charge < -0.3 is 11.1 Å².